The highest BCUT2D eigenvalue weighted by atomic mass is 16.6. The minimum Gasteiger partial charge on any atom is -0.399 e. The van der Waals surface area contributed by atoms with E-state index >= 15 is 0 Å². The SMILES string of the molecule is CCC(C/C=N/OC)C(C)C. The molecular formula is C9H19NO. The third kappa shape index (κ3) is 4.82. The van der Waals surface area contributed by atoms with Crippen LogP contribution in [0.25, 0.3) is 0 Å². The van der Waals surface area contributed by atoms with Crippen LogP contribution in [0.1, 0.15) is 33.6 Å². The Balaban J connectivity index is 3.60. The molecule has 2 heteroatoms. The molecule has 0 bridgehead atoms. The normalized spacial score (nSPS) is 14.3. The van der Waals surface area contributed by atoms with Crippen LogP contribution in [-0.4, -0.2) is 13.3 Å². The number of nitrogens with zero attached hydrogens (tertiary/aromatic N) is 1. The summed E-state index contributed by atoms with van der Waals surface area (Å²) < 4.78 is 0. The number of rotatable bonds is 5. The zero-order valence-electron chi connectivity index (χ0n) is 8.00. The van der Waals surface area contributed by atoms with E-state index < -0.39 is 0 Å². The molecule has 1 atom stereocenters. The van der Waals surface area contributed by atoms with Gasteiger partial charge in [0.1, 0.15) is 7.11 Å². The van der Waals surface area contributed by atoms with Gasteiger partial charge in [0.15, 0.2) is 0 Å². The Labute approximate surface area is 69.6 Å². The lowest BCUT2D eigenvalue weighted by atomic mass is 9.91. The monoisotopic (exact) mass is 157 g/mol. The van der Waals surface area contributed by atoms with Gasteiger partial charge in [0.2, 0.25) is 0 Å². The van der Waals surface area contributed by atoms with Crippen LogP contribution in [0.15, 0.2) is 5.16 Å². The predicted octanol–water partition coefficient (Wildman–Crippen LogP) is 2.69. The van der Waals surface area contributed by atoms with Crippen molar-refractivity contribution in [1.29, 1.82) is 0 Å². The van der Waals surface area contributed by atoms with Gasteiger partial charge >= 0.3 is 0 Å². The molecule has 0 radical (unpaired) electrons. The van der Waals surface area contributed by atoms with E-state index in [1.165, 1.54) is 6.42 Å². The zero-order valence-corrected chi connectivity index (χ0v) is 8.00. The van der Waals surface area contributed by atoms with Crippen molar-refractivity contribution < 1.29 is 4.84 Å². The lowest BCUT2D eigenvalue weighted by Gasteiger charge is -2.15. The second-order valence-electron chi connectivity index (χ2n) is 3.12. The van der Waals surface area contributed by atoms with Crippen molar-refractivity contribution in [2.75, 3.05) is 7.11 Å². The summed E-state index contributed by atoms with van der Waals surface area (Å²) in [6, 6.07) is 0. The summed E-state index contributed by atoms with van der Waals surface area (Å²) in [5, 5.41) is 3.72. The van der Waals surface area contributed by atoms with E-state index in [9.17, 15) is 0 Å². The quantitative estimate of drug-likeness (QED) is 0.444. The van der Waals surface area contributed by atoms with Crippen LogP contribution in [0.5, 0.6) is 0 Å². The standard InChI is InChI=1S/C9H19NO/c1-5-9(8(2)3)6-7-10-11-4/h7-9H,5-6H2,1-4H3/b10-7+. The third-order valence-electron chi connectivity index (χ3n) is 2.06. The maximum Gasteiger partial charge on any atom is 0.106 e. The van der Waals surface area contributed by atoms with Crippen LogP contribution in [0.3, 0.4) is 0 Å². The Morgan fingerprint density at radius 3 is 2.45 bits per heavy atom. The van der Waals surface area contributed by atoms with Crippen LogP contribution in [0.4, 0.5) is 0 Å². The fourth-order valence-electron chi connectivity index (χ4n) is 1.16. The molecule has 0 saturated carbocycles. The average Bonchev–Trinajstić information content (AvgIpc) is 1.97. The van der Waals surface area contributed by atoms with Crippen LogP contribution >= 0.6 is 0 Å². The largest absolute Gasteiger partial charge is 0.399 e. The molecule has 0 fully saturated rings. The predicted molar refractivity (Wildman–Crippen MR) is 48.7 cm³/mol. The molecular weight excluding hydrogens is 138 g/mol. The molecule has 0 aromatic rings. The molecule has 0 amide bonds. The lowest BCUT2D eigenvalue weighted by molar-refractivity contribution is 0.213. The second kappa shape index (κ2) is 6.20. The molecule has 2 nitrogen and oxygen atoms in total. The van der Waals surface area contributed by atoms with Crippen molar-refractivity contribution in [2.45, 2.75) is 33.6 Å². The molecule has 11 heavy (non-hydrogen) atoms. The third-order valence-corrected chi connectivity index (χ3v) is 2.06. The maximum atomic E-state index is 4.59. The summed E-state index contributed by atoms with van der Waals surface area (Å²) in [4.78, 5) is 4.59. The first-order valence-electron chi connectivity index (χ1n) is 4.27. The Bertz CT molecular complexity index is 110. The van der Waals surface area contributed by atoms with Gasteiger partial charge in [-0.25, -0.2) is 0 Å². The molecule has 0 rings (SSSR count). The van der Waals surface area contributed by atoms with Gasteiger partial charge in [0, 0.05) is 6.21 Å². The van der Waals surface area contributed by atoms with Crippen molar-refractivity contribution in [3.8, 4) is 0 Å². The molecule has 0 saturated heterocycles. The van der Waals surface area contributed by atoms with Crippen LogP contribution in [-0.2, 0) is 4.84 Å². The summed E-state index contributed by atoms with van der Waals surface area (Å²) in [6.07, 6.45) is 4.10. The minimum absolute atomic E-state index is 0.739. The summed E-state index contributed by atoms with van der Waals surface area (Å²) in [5.41, 5.74) is 0. The second-order valence-corrected chi connectivity index (χ2v) is 3.12. The van der Waals surface area contributed by atoms with E-state index in [0.717, 1.165) is 18.3 Å². The molecule has 0 spiro atoms. The molecule has 0 aromatic carbocycles. The van der Waals surface area contributed by atoms with Crippen molar-refractivity contribution in [3.05, 3.63) is 0 Å². The van der Waals surface area contributed by atoms with Gasteiger partial charge in [-0.05, 0) is 18.3 Å². The van der Waals surface area contributed by atoms with Gasteiger partial charge in [-0.1, -0.05) is 32.3 Å². The molecule has 0 aliphatic rings. The van der Waals surface area contributed by atoms with E-state index in [-0.39, 0.29) is 0 Å². The van der Waals surface area contributed by atoms with Crippen LogP contribution in [0, 0.1) is 11.8 Å². The maximum absolute atomic E-state index is 4.59. The summed E-state index contributed by atoms with van der Waals surface area (Å²) in [6.45, 7) is 6.70. The van der Waals surface area contributed by atoms with E-state index in [2.05, 4.69) is 30.8 Å². The summed E-state index contributed by atoms with van der Waals surface area (Å²) in [5.74, 6) is 1.48. The Morgan fingerprint density at radius 2 is 2.09 bits per heavy atom. The van der Waals surface area contributed by atoms with Gasteiger partial charge in [-0.2, -0.15) is 0 Å². The van der Waals surface area contributed by atoms with Crippen LogP contribution < -0.4 is 0 Å². The van der Waals surface area contributed by atoms with Crippen molar-refractivity contribution >= 4 is 6.21 Å². The van der Waals surface area contributed by atoms with Crippen molar-refractivity contribution in [3.63, 3.8) is 0 Å². The first kappa shape index (κ1) is 10.5. The number of oxime groups is 1. The molecule has 0 aliphatic carbocycles. The van der Waals surface area contributed by atoms with Gasteiger partial charge in [0.25, 0.3) is 0 Å². The first-order valence-corrected chi connectivity index (χ1v) is 4.27. The van der Waals surface area contributed by atoms with Gasteiger partial charge in [-0.3, -0.25) is 0 Å². The smallest absolute Gasteiger partial charge is 0.106 e. The van der Waals surface area contributed by atoms with E-state index in [4.69, 9.17) is 0 Å². The summed E-state index contributed by atoms with van der Waals surface area (Å²) in [7, 11) is 1.58. The topological polar surface area (TPSA) is 21.6 Å². The highest BCUT2D eigenvalue weighted by molar-refractivity contribution is 5.56. The average molecular weight is 157 g/mol. The fourth-order valence-corrected chi connectivity index (χ4v) is 1.16. The minimum atomic E-state index is 0.739. The summed E-state index contributed by atoms with van der Waals surface area (Å²) >= 11 is 0. The first-order chi connectivity index (χ1) is 5.22. The number of hydrogen-bond acceptors (Lipinski definition) is 2. The van der Waals surface area contributed by atoms with E-state index in [0.29, 0.717) is 0 Å². The fraction of sp³-hybridized carbons (Fsp3) is 0.889. The van der Waals surface area contributed by atoms with Crippen LogP contribution in [0.2, 0.25) is 0 Å². The van der Waals surface area contributed by atoms with Crippen molar-refractivity contribution in [1.82, 2.24) is 0 Å². The van der Waals surface area contributed by atoms with Gasteiger partial charge < -0.3 is 4.84 Å². The molecule has 66 valence electrons. The van der Waals surface area contributed by atoms with E-state index in [1.54, 1.807) is 7.11 Å². The number of hydrogen-bond donors (Lipinski definition) is 0. The lowest BCUT2D eigenvalue weighted by Crippen LogP contribution is -2.07. The zero-order chi connectivity index (χ0) is 8.69. The Morgan fingerprint density at radius 1 is 1.45 bits per heavy atom. The molecule has 0 aromatic heterocycles. The highest BCUT2D eigenvalue weighted by Crippen LogP contribution is 2.17. The Kier molecular flexibility index (Phi) is 5.90. The molecule has 0 aliphatic heterocycles. The van der Waals surface area contributed by atoms with E-state index in [1.807, 2.05) is 6.21 Å². The molecule has 0 N–H and O–H groups in total. The molecule has 1 unspecified atom stereocenters. The van der Waals surface area contributed by atoms with Crippen molar-refractivity contribution in [2.24, 2.45) is 17.0 Å². The van der Waals surface area contributed by atoms with Gasteiger partial charge in [0.05, 0.1) is 0 Å². The highest BCUT2D eigenvalue weighted by Gasteiger charge is 2.08. The Hall–Kier alpha value is -0.530. The van der Waals surface area contributed by atoms with Gasteiger partial charge in [-0.15, -0.1) is 0 Å². The molecule has 0 heterocycles.